The lowest BCUT2D eigenvalue weighted by atomic mass is 9.96. The fourth-order valence-corrected chi connectivity index (χ4v) is 1.03. The summed E-state index contributed by atoms with van der Waals surface area (Å²) in [5, 5.41) is 16.0. The van der Waals surface area contributed by atoms with E-state index in [4.69, 9.17) is 0 Å². The van der Waals surface area contributed by atoms with Gasteiger partial charge in [0.15, 0.2) is 5.82 Å². The van der Waals surface area contributed by atoms with Crippen LogP contribution in [0.4, 0.5) is 0 Å². The molecule has 2 heterocycles. The lowest BCUT2D eigenvalue weighted by Gasteiger charge is -2.13. The van der Waals surface area contributed by atoms with Crippen LogP contribution in [-0.4, -0.2) is 30.4 Å². The monoisotopic (exact) mass is 216 g/mol. The van der Waals surface area contributed by atoms with Gasteiger partial charge in [0.2, 0.25) is 11.6 Å². The summed E-state index contributed by atoms with van der Waals surface area (Å²) in [4.78, 5) is 8.05. The number of aromatic nitrogens is 6. The second-order valence-electron chi connectivity index (χ2n) is 4.37. The van der Waals surface area contributed by atoms with Crippen molar-refractivity contribution in [2.24, 2.45) is 0 Å². The van der Waals surface area contributed by atoms with Crippen LogP contribution in [0.5, 0.6) is 0 Å². The Morgan fingerprint density at radius 2 is 1.38 bits per heavy atom. The van der Waals surface area contributed by atoms with Crippen molar-refractivity contribution in [3.8, 4) is 11.6 Å². The molecule has 2 rings (SSSR count). The first-order valence-corrected chi connectivity index (χ1v) is 4.92. The largest absolute Gasteiger partial charge is 0.240 e. The SMILES string of the molecule is CC(C)(C)c1nnc(-c2ncccn2)nn1. The highest BCUT2D eigenvalue weighted by Crippen LogP contribution is 2.16. The van der Waals surface area contributed by atoms with Gasteiger partial charge in [0.1, 0.15) is 0 Å². The Morgan fingerprint density at radius 3 is 1.88 bits per heavy atom. The van der Waals surface area contributed by atoms with Gasteiger partial charge in [-0.05, 0) is 6.07 Å². The Balaban J connectivity index is 2.34. The number of nitrogens with zero attached hydrogens (tertiary/aromatic N) is 6. The summed E-state index contributed by atoms with van der Waals surface area (Å²) < 4.78 is 0. The number of hydrogen-bond donors (Lipinski definition) is 0. The average molecular weight is 216 g/mol. The summed E-state index contributed by atoms with van der Waals surface area (Å²) >= 11 is 0. The molecule has 0 aromatic carbocycles. The third-order valence-electron chi connectivity index (χ3n) is 1.92. The standard InChI is InChI=1S/C10H12N6/c1-10(2,3)9-15-13-8(14-16-9)7-11-5-4-6-12-7/h4-6H,1-3H3. The number of hydrogen-bond acceptors (Lipinski definition) is 6. The van der Waals surface area contributed by atoms with Crippen LogP contribution in [-0.2, 0) is 5.41 Å². The Labute approximate surface area is 93.2 Å². The molecule has 0 aliphatic heterocycles. The van der Waals surface area contributed by atoms with Gasteiger partial charge in [-0.2, -0.15) is 0 Å². The maximum atomic E-state index is 4.02. The van der Waals surface area contributed by atoms with Crippen LogP contribution in [0.1, 0.15) is 26.6 Å². The topological polar surface area (TPSA) is 77.3 Å². The van der Waals surface area contributed by atoms with Crippen molar-refractivity contribution in [2.45, 2.75) is 26.2 Å². The first-order chi connectivity index (χ1) is 7.57. The van der Waals surface area contributed by atoms with E-state index in [9.17, 15) is 0 Å². The van der Waals surface area contributed by atoms with Gasteiger partial charge in [-0.25, -0.2) is 9.97 Å². The fraction of sp³-hybridized carbons (Fsp3) is 0.400. The molecule has 0 aliphatic rings. The third-order valence-corrected chi connectivity index (χ3v) is 1.92. The molecule has 0 amide bonds. The van der Waals surface area contributed by atoms with Crippen molar-refractivity contribution < 1.29 is 0 Å². The molecule has 0 aliphatic carbocycles. The predicted octanol–water partition coefficient (Wildman–Crippen LogP) is 1.02. The third kappa shape index (κ3) is 2.16. The molecule has 0 unspecified atom stereocenters. The predicted molar refractivity (Wildman–Crippen MR) is 57.3 cm³/mol. The minimum atomic E-state index is -0.157. The van der Waals surface area contributed by atoms with E-state index in [1.54, 1.807) is 18.5 Å². The van der Waals surface area contributed by atoms with Crippen molar-refractivity contribution >= 4 is 0 Å². The summed E-state index contributed by atoms with van der Waals surface area (Å²) in [6.07, 6.45) is 3.26. The van der Waals surface area contributed by atoms with E-state index in [2.05, 4.69) is 30.4 Å². The second kappa shape index (κ2) is 3.88. The van der Waals surface area contributed by atoms with Crippen LogP contribution in [0, 0.1) is 0 Å². The van der Waals surface area contributed by atoms with E-state index in [1.165, 1.54) is 0 Å². The smallest absolute Gasteiger partial charge is 0.234 e. The normalized spacial score (nSPS) is 11.4. The molecule has 0 radical (unpaired) electrons. The van der Waals surface area contributed by atoms with E-state index in [1.807, 2.05) is 20.8 Å². The minimum Gasteiger partial charge on any atom is -0.234 e. The van der Waals surface area contributed by atoms with Gasteiger partial charge in [-0.1, -0.05) is 20.8 Å². The Hall–Kier alpha value is -1.98. The molecule has 0 saturated heterocycles. The molecule has 0 N–H and O–H groups in total. The first kappa shape index (κ1) is 10.5. The van der Waals surface area contributed by atoms with E-state index in [0.717, 1.165) is 0 Å². The number of rotatable bonds is 1. The lowest BCUT2D eigenvalue weighted by molar-refractivity contribution is 0.519. The van der Waals surface area contributed by atoms with Crippen LogP contribution in [0.25, 0.3) is 11.6 Å². The highest BCUT2D eigenvalue weighted by Gasteiger charge is 2.19. The molecule has 16 heavy (non-hydrogen) atoms. The van der Waals surface area contributed by atoms with Gasteiger partial charge in [0.05, 0.1) is 0 Å². The summed E-state index contributed by atoms with van der Waals surface area (Å²) in [6, 6.07) is 1.73. The Bertz CT molecular complexity index is 459. The van der Waals surface area contributed by atoms with Gasteiger partial charge < -0.3 is 0 Å². The zero-order chi connectivity index (χ0) is 11.6. The molecule has 0 bridgehead atoms. The van der Waals surface area contributed by atoms with Crippen molar-refractivity contribution in [3.63, 3.8) is 0 Å². The van der Waals surface area contributed by atoms with Crippen LogP contribution in [0.2, 0.25) is 0 Å². The van der Waals surface area contributed by atoms with Gasteiger partial charge in [0, 0.05) is 17.8 Å². The molecule has 2 aromatic heterocycles. The summed E-state index contributed by atoms with van der Waals surface area (Å²) in [6.45, 7) is 6.01. The molecule has 6 heteroatoms. The van der Waals surface area contributed by atoms with Gasteiger partial charge >= 0.3 is 0 Å². The molecule has 2 aromatic rings. The molecule has 82 valence electrons. The molecule has 0 saturated carbocycles. The van der Waals surface area contributed by atoms with Gasteiger partial charge in [-0.3, -0.25) is 0 Å². The van der Waals surface area contributed by atoms with Crippen molar-refractivity contribution in [2.75, 3.05) is 0 Å². The summed E-state index contributed by atoms with van der Waals surface area (Å²) in [5.41, 5.74) is -0.157. The molecular weight excluding hydrogens is 204 g/mol. The minimum absolute atomic E-state index is 0.157. The van der Waals surface area contributed by atoms with E-state index in [0.29, 0.717) is 17.5 Å². The zero-order valence-corrected chi connectivity index (χ0v) is 9.42. The Kier molecular flexibility index (Phi) is 2.55. The molecule has 0 fully saturated rings. The molecule has 0 atom stereocenters. The highest BCUT2D eigenvalue weighted by molar-refractivity contribution is 5.39. The zero-order valence-electron chi connectivity index (χ0n) is 9.42. The molecule has 0 spiro atoms. The van der Waals surface area contributed by atoms with E-state index < -0.39 is 0 Å². The fourth-order valence-electron chi connectivity index (χ4n) is 1.03. The van der Waals surface area contributed by atoms with Crippen molar-refractivity contribution in [3.05, 3.63) is 24.3 Å². The maximum absolute atomic E-state index is 4.02. The van der Waals surface area contributed by atoms with E-state index in [-0.39, 0.29) is 5.41 Å². The Morgan fingerprint density at radius 1 is 0.812 bits per heavy atom. The maximum Gasteiger partial charge on any atom is 0.240 e. The molecular formula is C10H12N6. The van der Waals surface area contributed by atoms with Crippen molar-refractivity contribution in [1.82, 2.24) is 30.4 Å². The lowest BCUT2D eigenvalue weighted by Crippen LogP contribution is -2.18. The van der Waals surface area contributed by atoms with Crippen LogP contribution in [0.15, 0.2) is 18.5 Å². The first-order valence-electron chi connectivity index (χ1n) is 4.92. The van der Waals surface area contributed by atoms with Crippen LogP contribution < -0.4 is 0 Å². The highest BCUT2D eigenvalue weighted by atomic mass is 15.3. The van der Waals surface area contributed by atoms with Gasteiger partial charge in [0.25, 0.3) is 0 Å². The summed E-state index contributed by atoms with van der Waals surface area (Å²) in [5.74, 6) is 1.38. The molecule has 6 nitrogen and oxygen atoms in total. The average Bonchev–Trinajstić information content (AvgIpc) is 2.29. The van der Waals surface area contributed by atoms with Crippen LogP contribution >= 0.6 is 0 Å². The van der Waals surface area contributed by atoms with E-state index >= 15 is 0 Å². The second-order valence-corrected chi connectivity index (χ2v) is 4.37. The van der Waals surface area contributed by atoms with Gasteiger partial charge in [-0.15, -0.1) is 20.4 Å². The van der Waals surface area contributed by atoms with Crippen LogP contribution in [0.3, 0.4) is 0 Å². The summed E-state index contributed by atoms with van der Waals surface area (Å²) in [7, 11) is 0. The van der Waals surface area contributed by atoms with Crippen molar-refractivity contribution in [1.29, 1.82) is 0 Å². The quantitative estimate of drug-likeness (QED) is 0.708.